The Morgan fingerprint density at radius 2 is 1.88 bits per heavy atom. The minimum absolute atomic E-state index is 0.200. The topological polar surface area (TPSA) is 90.6 Å². The molecule has 0 radical (unpaired) electrons. The standard InChI is InChI=1S/C24H24FN5O3/c1-2-3-14-32-20-9-7-17(8-10-20)24(31)26-13-15-33-22-12-11-21-27-28-23(30(21)29-22)18-5-4-6-19(25)16-18/h4-12,16H,2-3,13-15H2,1H3,(H,26,31). The van der Waals surface area contributed by atoms with Crippen LogP contribution in [-0.2, 0) is 0 Å². The molecule has 2 heterocycles. The molecule has 1 amide bonds. The van der Waals surface area contributed by atoms with Crippen LogP contribution in [0.2, 0.25) is 0 Å². The number of carbonyl (C=O) groups is 1. The monoisotopic (exact) mass is 449 g/mol. The van der Waals surface area contributed by atoms with E-state index >= 15 is 0 Å². The molecule has 4 aromatic rings. The predicted octanol–water partition coefficient (Wildman–Crippen LogP) is 3.92. The summed E-state index contributed by atoms with van der Waals surface area (Å²) in [6.07, 6.45) is 2.06. The van der Waals surface area contributed by atoms with Crippen LogP contribution in [-0.4, -0.2) is 45.5 Å². The normalized spacial score (nSPS) is 10.8. The number of fused-ring (bicyclic) bond motifs is 1. The van der Waals surface area contributed by atoms with Gasteiger partial charge in [-0.25, -0.2) is 4.39 Å². The van der Waals surface area contributed by atoms with E-state index in [1.165, 1.54) is 16.6 Å². The van der Waals surface area contributed by atoms with Crippen molar-refractivity contribution in [1.82, 2.24) is 25.1 Å². The van der Waals surface area contributed by atoms with E-state index in [1.54, 1.807) is 48.5 Å². The van der Waals surface area contributed by atoms with Gasteiger partial charge in [0, 0.05) is 17.2 Å². The van der Waals surface area contributed by atoms with Gasteiger partial charge < -0.3 is 14.8 Å². The summed E-state index contributed by atoms with van der Waals surface area (Å²) in [6, 6.07) is 16.5. The summed E-state index contributed by atoms with van der Waals surface area (Å²) in [6.45, 7) is 3.29. The Morgan fingerprint density at radius 1 is 1.03 bits per heavy atom. The summed E-state index contributed by atoms with van der Waals surface area (Å²) >= 11 is 0. The summed E-state index contributed by atoms with van der Waals surface area (Å²) in [5.74, 6) is 0.921. The number of nitrogens with one attached hydrogen (secondary N) is 1. The van der Waals surface area contributed by atoms with Crippen molar-refractivity contribution < 1.29 is 18.7 Å². The Kier molecular flexibility index (Phi) is 7.09. The zero-order chi connectivity index (χ0) is 23.0. The van der Waals surface area contributed by atoms with Crippen LogP contribution in [0.15, 0.2) is 60.7 Å². The lowest BCUT2D eigenvalue weighted by atomic mass is 10.2. The molecule has 0 aliphatic carbocycles. The molecule has 0 saturated heterocycles. The van der Waals surface area contributed by atoms with Crippen LogP contribution < -0.4 is 14.8 Å². The number of rotatable bonds is 10. The lowest BCUT2D eigenvalue weighted by Crippen LogP contribution is -2.28. The van der Waals surface area contributed by atoms with Gasteiger partial charge in [-0.1, -0.05) is 25.5 Å². The Balaban J connectivity index is 1.31. The van der Waals surface area contributed by atoms with Gasteiger partial charge in [-0.05, 0) is 48.9 Å². The third-order valence-electron chi connectivity index (χ3n) is 4.84. The van der Waals surface area contributed by atoms with Crippen LogP contribution in [0.3, 0.4) is 0 Å². The van der Waals surface area contributed by atoms with Crippen LogP contribution in [0.25, 0.3) is 17.0 Å². The highest BCUT2D eigenvalue weighted by atomic mass is 19.1. The summed E-state index contributed by atoms with van der Waals surface area (Å²) in [7, 11) is 0. The first-order chi connectivity index (χ1) is 16.1. The molecule has 0 unspecified atom stereocenters. The van der Waals surface area contributed by atoms with Crippen LogP contribution in [0.4, 0.5) is 4.39 Å². The minimum atomic E-state index is -0.369. The average Bonchev–Trinajstić information content (AvgIpc) is 3.26. The van der Waals surface area contributed by atoms with Crippen molar-refractivity contribution in [2.75, 3.05) is 19.8 Å². The molecule has 33 heavy (non-hydrogen) atoms. The number of hydrogen-bond acceptors (Lipinski definition) is 6. The molecule has 4 rings (SSSR count). The molecule has 0 fully saturated rings. The largest absolute Gasteiger partial charge is 0.494 e. The molecule has 0 atom stereocenters. The zero-order valence-corrected chi connectivity index (χ0v) is 18.2. The van der Waals surface area contributed by atoms with Gasteiger partial charge in [-0.15, -0.1) is 15.3 Å². The van der Waals surface area contributed by atoms with E-state index < -0.39 is 0 Å². The van der Waals surface area contributed by atoms with Gasteiger partial charge in [0.2, 0.25) is 5.88 Å². The molecular weight excluding hydrogens is 425 g/mol. The molecule has 1 N–H and O–H groups in total. The van der Waals surface area contributed by atoms with Crippen LogP contribution in [0.5, 0.6) is 11.6 Å². The molecule has 170 valence electrons. The van der Waals surface area contributed by atoms with Crippen molar-refractivity contribution in [2.24, 2.45) is 0 Å². The molecular formula is C24H24FN5O3. The average molecular weight is 449 g/mol. The van der Waals surface area contributed by atoms with E-state index in [0.29, 0.717) is 41.6 Å². The van der Waals surface area contributed by atoms with Crippen molar-refractivity contribution in [3.63, 3.8) is 0 Å². The molecule has 0 aliphatic heterocycles. The maximum atomic E-state index is 13.6. The first-order valence-electron chi connectivity index (χ1n) is 10.8. The molecule has 2 aromatic carbocycles. The van der Waals surface area contributed by atoms with Crippen molar-refractivity contribution in [3.05, 3.63) is 72.0 Å². The number of amides is 1. The molecule has 2 aromatic heterocycles. The van der Waals surface area contributed by atoms with Gasteiger partial charge in [0.15, 0.2) is 11.5 Å². The summed E-state index contributed by atoms with van der Waals surface area (Å²) < 4.78 is 26.3. The second kappa shape index (κ2) is 10.5. The highest BCUT2D eigenvalue weighted by Crippen LogP contribution is 2.19. The number of nitrogens with zero attached hydrogens (tertiary/aromatic N) is 4. The smallest absolute Gasteiger partial charge is 0.251 e. The van der Waals surface area contributed by atoms with Crippen LogP contribution in [0.1, 0.15) is 30.1 Å². The van der Waals surface area contributed by atoms with Crippen molar-refractivity contribution >= 4 is 11.6 Å². The Bertz CT molecular complexity index is 1230. The van der Waals surface area contributed by atoms with Gasteiger partial charge in [0.05, 0.1) is 13.2 Å². The number of ether oxygens (including phenoxy) is 2. The third kappa shape index (κ3) is 5.62. The second-order valence-corrected chi connectivity index (χ2v) is 7.31. The van der Waals surface area contributed by atoms with Crippen molar-refractivity contribution in [3.8, 4) is 23.0 Å². The molecule has 0 bridgehead atoms. The summed E-state index contributed by atoms with van der Waals surface area (Å²) in [5.41, 5.74) is 1.61. The fourth-order valence-electron chi connectivity index (χ4n) is 3.12. The molecule has 0 saturated carbocycles. The zero-order valence-electron chi connectivity index (χ0n) is 18.2. The number of aromatic nitrogens is 4. The number of hydrogen-bond donors (Lipinski definition) is 1. The van der Waals surface area contributed by atoms with E-state index in [2.05, 4.69) is 27.5 Å². The highest BCUT2D eigenvalue weighted by molar-refractivity contribution is 5.94. The predicted molar refractivity (Wildman–Crippen MR) is 121 cm³/mol. The Hall–Kier alpha value is -4.01. The summed E-state index contributed by atoms with van der Waals surface area (Å²) in [4.78, 5) is 12.3. The first kappa shape index (κ1) is 22.2. The van der Waals surface area contributed by atoms with Gasteiger partial charge in [-0.3, -0.25) is 4.79 Å². The lowest BCUT2D eigenvalue weighted by molar-refractivity contribution is 0.0946. The van der Waals surface area contributed by atoms with E-state index in [9.17, 15) is 9.18 Å². The minimum Gasteiger partial charge on any atom is -0.494 e. The number of carbonyl (C=O) groups excluding carboxylic acids is 1. The Labute approximate surface area is 190 Å². The SMILES string of the molecule is CCCCOc1ccc(C(=O)NCCOc2ccc3nnc(-c4cccc(F)c4)n3n2)cc1. The summed E-state index contributed by atoms with van der Waals surface area (Å²) in [5, 5.41) is 15.3. The number of benzene rings is 2. The maximum Gasteiger partial charge on any atom is 0.251 e. The van der Waals surface area contributed by atoms with E-state index in [1.807, 2.05) is 0 Å². The molecule has 0 spiro atoms. The van der Waals surface area contributed by atoms with Gasteiger partial charge >= 0.3 is 0 Å². The van der Waals surface area contributed by atoms with Gasteiger partial charge in [0.1, 0.15) is 18.2 Å². The Morgan fingerprint density at radius 3 is 2.67 bits per heavy atom. The quantitative estimate of drug-likeness (QED) is 0.369. The number of halogens is 1. The fourth-order valence-corrected chi connectivity index (χ4v) is 3.12. The number of unbranched alkanes of at least 4 members (excludes halogenated alkanes) is 1. The van der Waals surface area contributed by atoms with E-state index in [4.69, 9.17) is 9.47 Å². The van der Waals surface area contributed by atoms with E-state index in [0.717, 1.165) is 18.6 Å². The molecule has 0 aliphatic rings. The van der Waals surface area contributed by atoms with Crippen molar-refractivity contribution in [2.45, 2.75) is 19.8 Å². The lowest BCUT2D eigenvalue weighted by Gasteiger charge is -2.09. The van der Waals surface area contributed by atoms with Gasteiger partial charge in [0.25, 0.3) is 5.91 Å². The van der Waals surface area contributed by atoms with Crippen molar-refractivity contribution in [1.29, 1.82) is 0 Å². The third-order valence-corrected chi connectivity index (χ3v) is 4.84. The van der Waals surface area contributed by atoms with Gasteiger partial charge in [-0.2, -0.15) is 4.52 Å². The second-order valence-electron chi connectivity index (χ2n) is 7.31. The highest BCUT2D eigenvalue weighted by Gasteiger charge is 2.11. The molecule has 9 heteroatoms. The first-order valence-corrected chi connectivity index (χ1v) is 10.8. The van der Waals surface area contributed by atoms with Crippen LogP contribution >= 0.6 is 0 Å². The van der Waals surface area contributed by atoms with E-state index in [-0.39, 0.29) is 18.3 Å². The van der Waals surface area contributed by atoms with Crippen LogP contribution in [0, 0.1) is 5.82 Å². The fraction of sp³-hybridized carbons (Fsp3) is 0.250. The maximum absolute atomic E-state index is 13.6. The molecule has 8 nitrogen and oxygen atoms in total.